The monoisotopic (exact) mass is 471 g/mol. The second kappa shape index (κ2) is 7.22. The molecule has 8 N–H and O–H groups in total. The van der Waals surface area contributed by atoms with Gasteiger partial charge in [0, 0.05) is 0 Å². The molecule has 180 valence electrons. The Hall–Kier alpha value is -3.06. The lowest BCUT2D eigenvalue weighted by atomic mass is 9.85. The lowest BCUT2D eigenvalue weighted by molar-refractivity contribution is -0.646. The predicted octanol–water partition coefficient (Wildman–Crippen LogP) is -0.686. The number of carbonyl (C=O) groups excluding carboxylic acids is 1. The molecule has 1 fully saturated rings. The zero-order valence-corrected chi connectivity index (χ0v) is 18.1. The summed E-state index contributed by atoms with van der Waals surface area (Å²) in [6.45, 7) is 4.79. The molecule has 33 heavy (non-hydrogen) atoms. The van der Waals surface area contributed by atoms with Crippen molar-refractivity contribution in [3.8, 4) is 0 Å². The molecule has 0 radical (unpaired) electrons. The van der Waals surface area contributed by atoms with Crippen LogP contribution in [0.5, 0.6) is 0 Å². The summed E-state index contributed by atoms with van der Waals surface area (Å²) < 4.78 is 47.3. The highest BCUT2D eigenvalue weighted by Crippen LogP contribution is 2.46. The first-order valence-electron chi connectivity index (χ1n) is 10.4. The van der Waals surface area contributed by atoms with Gasteiger partial charge >= 0.3 is 18.1 Å². The number of alkyl halides is 3. The Bertz CT molecular complexity index is 1070. The summed E-state index contributed by atoms with van der Waals surface area (Å²) in [5, 5.41) is 28.5. The molecule has 1 aromatic rings. The quantitative estimate of drug-likeness (QED) is 0.192. The molecule has 1 aromatic carbocycles. The van der Waals surface area contributed by atoms with Crippen LogP contribution in [0.4, 0.5) is 13.2 Å². The van der Waals surface area contributed by atoms with Crippen LogP contribution in [0.3, 0.4) is 0 Å². The molecular formula is C20H26F3N6O4+. The zero-order chi connectivity index (χ0) is 24.5. The van der Waals surface area contributed by atoms with Gasteiger partial charge in [-0.3, -0.25) is 11.1 Å². The molecule has 0 aromatic heterocycles. The Balaban J connectivity index is 1.77. The number of aliphatic imine (C=N–C) groups is 1. The molecule has 4 rings (SSSR count). The van der Waals surface area contributed by atoms with Gasteiger partial charge < -0.3 is 26.0 Å². The Kier molecular flexibility index (Phi) is 5.06. The summed E-state index contributed by atoms with van der Waals surface area (Å²) in [6, 6.07) is 0.901. The largest absolute Gasteiger partial charge is 0.449 e. The zero-order valence-electron chi connectivity index (χ0n) is 18.1. The highest BCUT2D eigenvalue weighted by Gasteiger charge is 2.78. The van der Waals surface area contributed by atoms with Crippen LogP contribution in [0.2, 0.25) is 0 Å². The number of guanidine groups is 2. The van der Waals surface area contributed by atoms with Crippen LogP contribution >= 0.6 is 0 Å². The number of halogens is 3. The third kappa shape index (κ3) is 3.13. The number of hydrogen-bond donors (Lipinski definition) is 6. The average Bonchev–Trinajstić information content (AvgIpc) is 3.14. The van der Waals surface area contributed by atoms with Gasteiger partial charge in [-0.25, -0.2) is 14.4 Å². The number of nitrogens with zero attached hydrogens (tertiary/aromatic N) is 2. The third-order valence-electron chi connectivity index (χ3n) is 6.56. The highest BCUT2D eigenvalue weighted by atomic mass is 19.4. The van der Waals surface area contributed by atoms with E-state index in [4.69, 9.17) is 16.2 Å². The Morgan fingerprint density at radius 2 is 2.00 bits per heavy atom. The number of hydrogen-bond acceptors (Lipinski definition) is 9. The van der Waals surface area contributed by atoms with Crippen LogP contribution in [-0.4, -0.2) is 68.4 Å². The molecule has 0 saturated carbocycles. The van der Waals surface area contributed by atoms with Crippen molar-refractivity contribution in [2.45, 2.75) is 69.0 Å². The maximum absolute atomic E-state index is 13.5. The first-order valence-corrected chi connectivity index (χ1v) is 10.4. The van der Waals surface area contributed by atoms with Crippen molar-refractivity contribution in [1.82, 2.24) is 10.6 Å². The standard InChI is InChI=1S/C20H25F3N6O4/c1-4-12-13-18(28-16(24)27-13)19(31,32)14(9(3)29(18)17(25)26-12)33-15(30)10-6-5-8(2)7-11(10)20(21,22)23/h5-7,9,12-14,31-32H,4H2,1-3H3,(H5,24,25,26,27,28)/p+1/t9-,12-,13-,14-,18-/m0/s1. The first kappa shape index (κ1) is 23.1. The van der Waals surface area contributed by atoms with E-state index in [0.29, 0.717) is 12.0 Å². The Labute approximate surface area is 187 Å². The second-order valence-electron chi connectivity index (χ2n) is 8.60. The molecule has 3 heterocycles. The normalized spacial score (nSPS) is 32.4. The minimum Gasteiger partial charge on any atom is -0.449 e. The van der Waals surface area contributed by atoms with Gasteiger partial charge in [0.25, 0.3) is 5.79 Å². The number of nitrogens with two attached hydrogens (primary N) is 2. The summed E-state index contributed by atoms with van der Waals surface area (Å²) >= 11 is 0. The average molecular weight is 471 g/mol. The van der Waals surface area contributed by atoms with Crippen molar-refractivity contribution in [1.29, 1.82) is 0 Å². The van der Waals surface area contributed by atoms with Gasteiger partial charge in [-0.2, -0.15) is 13.2 Å². The van der Waals surface area contributed by atoms with Gasteiger partial charge in [-0.15, -0.1) is 0 Å². The fourth-order valence-corrected chi connectivity index (χ4v) is 5.13. The number of carbonyl (C=O) groups is 1. The van der Waals surface area contributed by atoms with Gasteiger partial charge in [0.2, 0.25) is 5.66 Å². The number of esters is 1. The van der Waals surface area contributed by atoms with E-state index >= 15 is 0 Å². The van der Waals surface area contributed by atoms with E-state index in [1.165, 1.54) is 24.5 Å². The fraction of sp³-hybridized carbons (Fsp3) is 0.550. The first-order chi connectivity index (χ1) is 15.3. The Morgan fingerprint density at radius 3 is 2.61 bits per heavy atom. The molecule has 1 saturated heterocycles. The van der Waals surface area contributed by atoms with Gasteiger partial charge in [-0.1, -0.05) is 18.6 Å². The lowest BCUT2D eigenvalue weighted by Gasteiger charge is -2.43. The molecule has 13 heteroatoms. The predicted molar refractivity (Wildman–Crippen MR) is 110 cm³/mol. The van der Waals surface area contributed by atoms with Crippen molar-refractivity contribution >= 4 is 17.9 Å². The van der Waals surface area contributed by atoms with Gasteiger partial charge in [0.05, 0.1) is 11.1 Å². The van der Waals surface area contributed by atoms with Gasteiger partial charge in [0.15, 0.2) is 12.1 Å². The summed E-state index contributed by atoms with van der Waals surface area (Å²) in [6.07, 6.45) is -6.02. The molecular weight excluding hydrogens is 445 g/mol. The smallest absolute Gasteiger partial charge is 0.417 e. The Morgan fingerprint density at radius 1 is 1.33 bits per heavy atom. The molecule has 0 unspecified atom stereocenters. The van der Waals surface area contributed by atoms with Crippen LogP contribution < -0.4 is 22.1 Å². The molecule has 5 atom stereocenters. The van der Waals surface area contributed by atoms with Crippen LogP contribution in [0.15, 0.2) is 23.2 Å². The second-order valence-corrected chi connectivity index (χ2v) is 8.60. The van der Waals surface area contributed by atoms with E-state index in [-0.39, 0.29) is 11.9 Å². The van der Waals surface area contributed by atoms with Crippen molar-refractivity contribution in [2.24, 2.45) is 16.5 Å². The third-order valence-corrected chi connectivity index (χ3v) is 6.56. The number of aryl methyl sites for hydroxylation is 1. The molecule has 0 aliphatic carbocycles. The van der Waals surface area contributed by atoms with Crippen LogP contribution in [0, 0.1) is 6.92 Å². The molecule has 3 aliphatic rings. The van der Waals surface area contributed by atoms with Gasteiger partial charge in [-0.05, 0) is 32.4 Å². The minimum absolute atomic E-state index is 0.0559. The molecule has 0 amide bonds. The maximum Gasteiger partial charge on any atom is 0.417 e. The maximum atomic E-state index is 13.5. The van der Waals surface area contributed by atoms with E-state index < -0.39 is 59.0 Å². The SMILES string of the molecule is CC[C@@H]1NC(N)=[N+]2[C@@H](C)[C@H](OC(=O)c3ccc(C)cc3C(F)(F)F)C(O)(O)[C@@]23NC(N)=N[C@@H]13. The van der Waals surface area contributed by atoms with Crippen LogP contribution in [0.25, 0.3) is 0 Å². The van der Waals surface area contributed by atoms with Crippen LogP contribution in [-0.2, 0) is 10.9 Å². The lowest BCUT2D eigenvalue weighted by Crippen LogP contribution is -2.78. The number of ether oxygens (including phenoxy) is 1. The van der Waals surface area contributed by atoms with E-state index in [1.807, 2.05) is 6.92 Å². The summed E-state index contributed by atoms with van der Waals surface area (Å²) in [5.74, 6) is -4.20. The van der Waals surface area contributed by atoms with Crippen molar-refractivity contribution in [3.63, 3.8) is 0 Å². The number of nitrogens with one attached hydrogen (secondary N) is 2. The minimum atomic E-state index is -4.82. The molecule has 10 nitrogen and oxygen atoms in total. The van der Waals surface area contributed by atoms with E-state index in [9.17, 15) is 28.2 Å². The van der Waals surface area contributed by atoms with E-state index in [1.54, 1.807) is 0 Å². The highest BCUT2D eigenvalue weighted by molar-refractivity contribution is 5.92. The summed E-state index contributed by atoms with van der Waals surface area (Å²) in [5.41, 5.74) is 8.64. The molecule has 3 aliphatic heterocycles. The number of rotatable bonds is 3. The number of aliphatic hydroxyl groups is 2. The molecule has 1 spiro atoms. The van der Waals surface area contributed by atoms with Crippen molar-refractivity contribution in [2.75, 3.05) is 0 Å². The summed E-state index contributed by atoms with van der Waals surface area (Å²) in [7, 11) is 0. The van der Waals surface area contributed by atoms with Crippen molar-refractivity contribution in [3.05, 3.63) is 34.9 Å². The van der Waals surface area contributed by atoms with Gasteiger partial charge in [0.1, 0.15) is 18.1 Å². The topological polar surface area (TPSA) is 158 Å². The fourth-order valence-electron chi connectivity index (χ4n) is 5.13. The van der Waals surface area contributed by atoms with E-state index in [2.05, 4.69) is 15.6 Å². The van der Waals surface area contributed by atoms with E-state index in [0.717, 1.165) is 12.1 Å². The molecule has 0 bridgehead atoms. The van der Waals surface area contributed by atoms with Crippen molar-refractivity contribution < 1.29 is 37.5 Å². The summed E-state index contributed by atoms with van der Waals surface area (Å²) in [4.78, 5) is 17.2. The van der Waals surface area contributed by atoms with Crippen LogP contribution in [0.1, 0.15) is 41.8 Å². The number of benzene rings is 1.